The Balaban J connectivity index is 2.21. The summed E-state index contributed by atoms with van der Waals surface area (Å²) in [4.78, 5) is 13.9. The van der Waals surface area contributed by atoms with Gasteiger partial charge in [0.2, 0.25) is 5.91 Å². The van der Waals surface area contributed by atoms with Gasteiger partial charge in [-0.1, -0.05) is 34.5 Å². The molecule has 1 unspecified atom stereocenters. The molecular weight excluding hydrogens is 304 g/mol. The lowest BCUT2D eigenvalue weighted by Gasteiger charge is -2.18. The van der Waals surface area contributed by atoms with Crippen molar-refractivity contribution in [2.24, 2.45) is 0 Å². The number of likely N-dealkylation sites (N-methyl/N-ethyl adjacent to an activating group) is 1. The molecule has 2 rings (SSSR count). The van der Waals surface area contributed by atoms with Crippen molar-refractivity contribution in [1.29, 1.82) is 0 Å². The molecule has 0 radical (unpaired) electrons. The lowest BCUT2D eigenvalue weighted by atomic mass is 10.2. The van der Waals surface area contributed by atoms with Gasteiger partial charge in [-0.2, -0.15) is 0 Å². The van der Waals surface area contributed by atoms with Gasteiger partial charge in [0.1, 0.15) is 0 Å². The number of carbonyl (C=O) groups excluding carboxylic acids is 1. The molecule has 1 aliphatic heterocycles. The Morgan fingerprint density at radius 1 is 1.59 bits per heavy atom. The quantitative estimate of drug-likeness (QED) is 0.930. The van der Waals surface area contributed by atoms with Crippen molar-refractivity contribution in [1.82, 2.24) is 5.32 Å². The van der Waals surface area contributed by atoms with Crippen molar-refractivity contribution >= 4 is 39.1 Å². The third-order valence-corrected chi connectivity index (χ3v) is 3.65. The third-order valence-electron chi connectivity index (χ3n) is 2.86. The smallest absolute Gasteiger partial charge is 0.244 e. The van der Waals surface area contributed by atoms with E-state index in [9.17, 15) is 4.79 Å². The molecule has 3 nitrogen and oxygen atoms in total. The SMILES string of the molecule is CCNC1CCN(c2ccc(Br)cc2Cl)C1=O. The molecule has 1 aliphatic rings. The van der Waals surface area contributed by atoms with Crippen molar-refractivity contribution in [3.8, 4) is 0 Å². The highest BCUT2D eigenvalue weighted by molar-refractivity contribution is 9.10. The molecule has 1 aromatic carbocycles. The summed E-state index contributed by atoms with van der Waals surface area (Å²) in [7, 11) is 0. The molecule has 0 aromatic heterocycles. The van der Waals surface area contributed by atoms with Crippen LogP contribution in [0.15, 0.2) is 22.7 Å². The number of rotatable bonds is 3. The molecule has 1 saturated heterocycles. The van der Waals surface area contributed by atoms with Gasteiger partial charge in [-0.15, -0.1) is 0 Å². The summed E-state index contributed by atoms with van der Waals surface area (Å²) in [6.45, 7) is 3.53. The van der Waals surface area contributed by atoms with Crippen LogP contribution >= 0.6 is 27.5 Å². The number of nitrogens with zero attached hydrogens (tertiary/aromatic N) is 1. The summed E-state index contributed by atoms with van der Waals surface area (Å²) >= 11 is 9.51. The van der Waals surface area contributed by atoms with Gasteiger partial charge in [0.25, 0.3) is 0 Å². The Morgan fingerprint density at radius 3 is 3.00 bits per heavy atom. The second-order valence-electron chi connectivity index (χ2n) is 3.98. The standard InChI is InChI=1S/C12H14BrClN2O/c1-2-15-10-5-6-16(12(10)17)11-4-3-8(13)7-9(11)14/h3-4,7,10,15H,2,5-6H2,1H3. The number of halogens is 2. The van der Waals surface area contributed by atoms with Crippen LogP contribution < -0.4 is 10.2 Å². The zero-order valence-corrected chi connectivity index (χ0v) is 11.9. The molecule has 1 atom stereocenters. The van der Waals surface area contributed by atoms with Crippen LogP contribution in [0.2, 0.25) is 5.02 Å². The van der Waals surface area contributed by atoms with E-state index in [1.165, 1.54) is 0 Å². The minimum atomic E-state index is -0.0697. The summed E-state index contributed by atoms with van der Waals surface area (Å²) in [5, 5.41) is 3.78. The number of nitrogens with one attached hydrogen (secondary N) is 1. The first-order chi connectivity index (χ1) is 8.13. The largest absolute Gasteiger partial charge is 0.310 e. The van der Waals surface area contributed by atoms with E-state index >= 15 is 0 Å². The molecular formula is C12H14BrClN2O. The maximum Gasteiger partial charge on any atom is 0.244 e. The predicted molar refractivity (Wildman–Crippen MR) is 73.6 cm³/mol. The van der Waals surface area contributed by atoms with Crippen LogP contribution in [0.4, 0.5) is 5.69 Å². The number of hydrogen-bond donors (Lipinski definition) is 1. The molecule has 1 N–H and O–H groups in total. The van der Waals surface area contributed by atoms with Crippen LogP contribution in [0.3, 0.4) is 0 Å². The molecule has 1 aromatic rings. The predicted octanol–water partition coefficient (Wildman–Crippen LogP) is 2.82. The molecule has 5 heteroatoms. The summed E-state index contributed by atoms with van der Waals surface area (Å²) < 4.78 is 0.918. The highest BCUT2D eigenvalue weighted by Crippen LogP contribution is 2.31. The Labute approximate surface area is 114 Å². The Morgan fingerprint density at radius 2 is 2.35 bits per heavy atom. The topological polar surface area (TPSA) is 32.3 Å². The first-order valence-electron chi connectivity index (χ1n) is 5.63. The summed E-state index contributed by atoms with van der Waals surface area (Å²) in [6.07, 6.45) is 0.832. The van der Waals surface area contributed by atoms with Gasteiger partial charge < -0.3 is 10.2 Å². The van der Waals surface area contributed by atoms with E-state index in [-0.39, 0.29) is 11.9 Å². The van der Waals surface area contributed by atoms with Crippen LogP contribution in [-0.2, 0) is 4.79 Å². The maximum atomic E-state index is 12.1. The fourth-order valence-electron chi connectivity index (χ4n) is 2.06. The second-order valence-corrected chi connectivity index (χ2v) is 5.31. The van der Waals surface area contributed by atoms with Crippen molar-refractivity contribution in [2.45, 2.75) is 19.4 Å². The molecule has 0 spiro atoms. The number of benzene rings is 1. The van der Waals surface area contributed by atoms with Crippen molar-refractivity contribution in [3.05, 3.63) is 27.7 Å². The first kappa shape index (κ1) is 12.9. The fraction of sp³-hybridized carbons (Fsp3) is 0.417. The lowest BCUT2D eigenvalue weighted by molar-refractivity contribution is -0.118. The van der Waals surface area contributed by atoms with Gasteiger partial charge >= 0.3 is 0 Å². The van der Waals surface area contributed by atoms with Gasteiger partial charge in [-0.3, -0.25) is 4.79 Å². The molecule has 0 saturated carbocycles. The van der Waals surface area contributed by atoms with Crippen LogP contribution in [0, 0.1) is 0 Å². The van der Waals surface area contributed by atoms with Crippen LogP contribution in [0.1, 0.15) is 13.3 Å². The second kappa shape index (κ2) is 5.38. The highest BCUT2D eigenvalue weighted by Gasteiger charge is 2.32. The number of hydrogen-bond acceptors (Lipinski definition) is 2. The average Bonchev–Trinajstić information content (AvgIpc) is 2.62. The van der Waals surface area contributed by atoms with E-state index in [0.29, 0.717) is 5.02 Å². The minimum absolute atomic E-state index is 0.0697. The minimum Gasteiger partial charge on any atom is -0.310 e. The van der Waals surface area contributed by atoms with Gasteiger partial charge in [-0.25, -0.2) is 0 Å². The zero-order chi connectivity index (χ0) is 12.4. The van der Waals surface area contributed by atoms with Crippen molar-refractivity contribution in [2.75, 3.05) is 18.0 Å². The van der Waals surface area contributed by atoms with Gasteiger partial charge in [0.05, 0.1) is 16.8 Å². The molecule has 0 aliphatic carbocycles. The highest BCUT2D eigenvalue weighted by atomic mass is 79.9. The fourth-order valence-corrected chi connectivity index (χ4v) is 2.83. The van der Waals surface area contributed by atoms with Crippen molar-refractivity contribution in [3.63, 3.8) is 0 Å². The number of carbonyl (C=O) groups is 1. The first-order valence-corrected chi connectivity index (χ1v) is 6.80. The summed E-state index contributed by atoms with van der Waals surface area (Å²) in [5.74, 6) is 0.107. The van der Waals surface area contributed by atoms with E-state index in [2.05, 4.69) is 21.2 Å². The summed E-state index contributed by atoms with van der Waals surface area (Å²) in [6, 6.07) is 5.51. The van der Waals surface area contributed by atoms with Gasteiger partial charge in [-0.05, 0) is 31.2 Å². The molecule has 1 fully saturated rings. The van der Waals surface area contributed by atoms with Crippen molar-refractivity contribution < 1.29 is 4.79 Å². The Hall–Kier alpha value is -0.580. The molecule has 17 heavy (non-hydrogen) atoms. The molecule has 0 bridgehead atoms. The maximum absolute atomic E-state index is 12.1. The third kappa shape index (κ3) is 2.64. The average molecular weight is 318 g/mol. The van der Waals surface area contributed by atoms with Crippen LogP contribution in [0.25, 0.3) is 0 Å². The normalized spacial score (nSPS) is 20.1. The molecule has 92 valence electrons. The Kier molecular flexibility index (Phi) is 4.07. The number of anilines is 1. The summed E-state index contributed by atoms with van der Waals surface area (Å²) in [5.41, 5.74) is 0.792. The van der Waals surface area contributed by atoms with E-state index < -0.39 is 0 Å². The van der Waals surface area contributed by atoms with Crippen LogP contribution in [0.5, 0.6) is 0 Å². The zero-order valence-electron chi connectivity index (χ0n) is 9.54. The molecule has 1 amide bonds. The number of amides is 1. The van der Waals surface area contributed by atoms with E-state index in [0.717, 1.165) is 29.7 Å². The Bertz CT molecular complexity index is 439. The lowest BCUT2D eigenvalue weighted by Crippen LogP contribution is -2.38. The molecule has 1 heterocycles. The van der Waals surface area contributed by atoms with Gasteiger partial charge in [0.15, 0.2) is 0 Å². The van der Waals surface area contributed by atoms with Crippen LogP contribution in [-0.4, -0.2) is 25.0 Å². The van der Waals surface area contributed by atoms with E-state index in [4.69, 9.17) is 11.6 Å². The van der Waals surface area contributed by atoms with E-state index in [1.54, 1.807) is 4.90 Å². The van der Waals surface area contributed by atoms with Gasteiger partial charge in [0, 0.05) is 11.0 Å². The monoisotopic (exact) mass is 316 g/mol. The van der Waals surface area contributed by atoms with E-state index in [1.807, 2.05) is 25.1 Å².